The highest BCUT2D eigenvalue weighted by Crippen LogP contribution is 2.08. The van der Waals surface area contributed by atoms with Gasteiger partial charge in [-0.1, -0.05) is 26.2 Å². The summed E-state index contributed by atoms with van der Waals surface area (Å²) in [5, 5.41) is 0. The first kappa shape index (κ1) is 11.8. The molecule has 0 radical (unpaired) electrons. The Morgan fingerprint density at radius 2 is 2.00 bits per heavy atom. The van der Waals surface area contributed by atoms with Crippen LogP contribution in [0, 0.1) is 0 Å². The Kier molecular flexibility index (Phi) is 8.78. The van der Waals surface area contributed by atoms with Crippen LogP contribution >= 0.6 is 11.8 Å². The molecule has 0 unspecified atom stereocenters. The van der Waals surface area contributed by atoms with Crippen molar-refractivity contribution in [2.45, 2.75) is 39.0 Å². The van der Waals surface area contributed by atoms with E-state index in [1.807, 2.05) is 11.8 Å². The lowest BCUT2D eigenvalue weighted by atomic mass is 10.2. The summed E-state index contributed by atoms with van der Waals surface area (Å²) in [6, 6.07) is 0. The number of amides is 1. The third-order valence-electron chi connectivity index (χ3n) is 1.64. The molecule has 0 spiro atoms. The molecule has 0 aliphatic rings. The first-order valence-corrected chi connectivity index (χ1v) is 5.79. The van der Waals surface area contributed by atoms with Gasteiger partial charge in [-0.05, 0) is 12.2 Å². The van der Waals surface area contributed by atoms with Gasteiger partial charge in [0.05, 0.1) is 0 Å². The van der Waals surface area contributed by atoms with Gasteiger partial charge >= 0.3 is 0 Å². The second kappa shape index (κ2) is 8.91. The Balaban J connectivity index is 2.86. The monoisotopic (exact) mass is 189 g/mol. The maximum absolute atomic E-state index is 10.3. The minimum absolute atomic E-state index is 0.184. The van der Waals surface area contributed by atoms with Crippen molar-refractivity contribution < 1.29 is 4.79 Å². The second-order valence-corrected chi connectivity index (χ2v) is 4.11. The van der Waals surface area contributed by atoms with Crippen molar-refractivity contribution in [1.29, 1.82) is 0 Å². The molecule has 1 amide bonds. The standard InChI is InChI=1S/C9H19NOS/c1-2-3-4-5-7-12-8-6-9(10)11/h2-8H2,1H3,(H2,10,11). The first-order valence-electron chi connectivity index (χ1n) is 4.63. The number of nitrogens with two attached hydrogens (primary N) is 1. The molecule has 0 bridgehead atoms. The molecular weight excluding hydrogens is 170 g/mol. The van der Waals surface area contributed by atoms with Gasteiger partial charge in [-0.3, -0.25) is 4.79 Å². The quantitative estimate of drug-likeness (QED) is 0.595. The van der Waals surface area contributed by atoms with E-state index < -0.39 is 0 Å². The minimum Gasteiger partial charge on any atom is -0.370 e. The third-order valence-corrected chi connectivity index (χ3v) is 2.71. The summed E-state index contributed by atoms with van der Waals surface area (Å²) in [6.07, 6.45) is 5.73. The fraction of sp³-hybridized carbons (Fsp3) is 0.889. The molecule has 2 N–H and O–H groups in total. The van der Waals surface area contributed by atoms with Crippen molar-refractivity contribution in [2.75, 3.05) is 11.5 Å². The number of hydrogen-bond acceptors (Lipinski definition) is 2. The van der Waals surface area contributed by atoms with Crippen LogP contribution in [-0.2, 0) is 4.79 Å². The summed E-state index contributed by atoms with van der Waals surface area (Å²) < 4.78 is 0. The molecule has 0 rings (SSSR count). The topological polar surface area (TPSA) is 43.1 Å². The number of unbranched alkanes of at least 4 members (excludes halogenated alkanes) is 3. The summed E-state index contributed by atoms with van der Waals surface area (Å²) in [7, 11) is 0. The SMILES string of the molecule is CCCCCCSCCC(N)=O. The van der Waals surface area contributed by atoms with Crippen LogP contribution in [0.25, 0.3) is 0 Å². The highest BCUT2D eigenvalue weighted by molar-refractivity contribution is 7.99. The predicted molar refractivity (Wildman–Crippen MR) is 55.3 cm³/mol. The highest BCUT2D eigenvalue weighted by Gasteiger charge is 1.94. The molecule has 72 valence electrons. The van der Waals surface area contributed by atoms with Crippen LogP contribution < -0.4 is 5.73 Å². The van der Waals surface area contributed by atoms with E-state index in [2.05, 4.69) is 6.92 Å². The molecule has 0 heterocycles. The molecule has 12 heavy (non-hydrogen) atoms. The molecule has 0 aromatic carbocycles. The van der Waals surface area contributed by atoms with Gasteiger partial charge in [0.2, 0.25) is 5.91 Å². The Bertz CT molecular complexity index is 117. The van der Waals surface area contributed by atoms with Crippen LogP contribution in [0.3, 0.4) is 0 Å². The number of carbonyl (C=O) groups excluding carboxylic acids is 1. The van der Waals surface area contributed by atoms with Gasteiger partial charge in [0.25, 0.3) is 0 Å². The van der Waals surface area contributed by atoms with E-state index in [-0.39, 0.29) is 5.91 Å². The van der Waals surface area contributed by atoms with Crippen LogP contribution in [0.15, 0.2) is 0 Å². The van der Waals surface area contributed by atoms with Crippen LogP contribution in [0.5, 0.6) is 0 Å². The fourth-order valence-corrected chi connectivity index (χ4v) is 1.86. The van der Waals surface area contributed by atoms with Crippen molar-refractivity contribution >= 4 is 17.7 Å². The van der Waals surface area contributed by atoms with Crippen molar-refractivity contribution in [3.05, 3.63) is 0 Å². The Morgan fingerprint density at radius 3 is 2.58 bits per heavy atom. The lowest BCUT2D eigenvalue weighted by Crippen LogP contribution is -2.11. The van der Waals surface area contributed by atoms with Crippen LogP contribution in [0.4, 0.5) is 0 Å². The highest BCUT2D eigenvalue weighted by atomic mass is 32.2. The van der Waals surface area contributed by atoms with Crippen LogP contribution in [0.1, 0.15) is 39.0 Å². The van der Waals surface area contributed by atoms with Gasteiger partial charge in [-0.2, -0.15) is 11.8 Å². The molecule has 0 aliphatic heterocycles. The van der Waals surface area contributed by atoms with E-state index >= 15 is 0 Å². The van der Waals surface area contributed by atoms with Crippen LogP contribution in [0.2, 0.25) is 0 Å². The van der Waals surface area contributed by atoms with E-state index in [9.17, 15) is 4.79 Å². The van der Waals surface area contributed by atoms with Gasteiger partial charge in [0.15, 0.2) is 0 Å². The molecule has 0 aliphatic carbocycles. The fourth-order valence-electron chi connectivity index (χ4n) is 0.906. The largest absolute Gasteiger partial charge is 0.370 e. The molecule has 0 aromatic heterocycles. The number of primary amides is 1. The van der Waals surface area contributed by atoms with E-state index in [1.54, 1.807) is 0 Å². The van der Waals surface area contributed by atoms with Crippen molar-refractivity contribution in [3.8, 4) is 0 Å². The average molecular weight is 189 g/mol. The lowest BCUT2D eigenvalue weighted by Gasteiger charge is -1.98. The van der Waals surface area contributed by atoms with Gasteiger partial charge in [-0.15, -0.1) is 0 Å². The second-order valence-electron chi connectivity index (χ2n) is 2.89. The minimum atomic E-state index is -0.184. The van der Waals surface area contributed by atoms with Crippen molar-refractivity contribution in [2.24, 2.45) is 5.73 Å². The Hall–Kier alpha value is -0.180. The van der Waals surface area contributed by atoms with E-state index in [4.69, 9.17) is 5.73 Å². The Labute approximate surface area is 79.3 Å². The molecule has 0 fully saturated rings. The summed E-state index contributed by atoms with van der Waals surface area (Å²) in [6.45, 7) is 2.21. The van der Waals surface area contributed by atoms with Crippen molar-refractivity contribution in [3.63, 3.8) is 0 Å². The number of rotatable bonds is 8. The van der Waals surface area contributed by atoms with E-state index in [0.29, 0.717) is 6.42 Å². The Morgan fingerprint density at radius 1 is 1.25 bits per heavy atom. The zero-order valence-electron chi connectivity index (χ0n) is 7.84. The average Bonchev–Trinajstić information content (AvgIpc) is 2.02. The van der Waals surface area contributed by atoms with Crippen LogP contribution in [-0.4, -0.2) is 17.4 Å². The maximum Gasteiger partial charge on any atom is 0.218 e. The van der Waals surface area contributed by atoms with E-state index in [1.165, 1.54) is 31.4 Å². The molecule has 0 saturated heterocycles. The smallest absolute Gasteiger partial charge is 0.218 e. The predicted octanol–water partition coefficient (Wildman–Crippen LogP) is 2.18. The van der Waals surface area contributed by atoms with Crippen molar-refractivity contribution in [1.82, 2.24) is 0 Å². The summed E-state index contributed by atoms with van der Waals surface area (Å²) in [4.78, 5) is 10.3. The summed E-state index contributed by atoms with van der Waals surface area (Å²) in [5.41, 5.74) is 5.00. The first-order chi connectivity index (χ1) is 5.77. The van der Waals surface area contributed by atoms with Gasteiger partial charge in [0.1, 0.15) is 0 Å². The lowest BCUT2D eigenvalue weighted by molar-refractivity contribution is -0.117. The number of hydrogen-bond donors (Lipinski definition) is 1. The molecular formula is C9H19NOS. The maximum atomic E-state index is 10.3. The molecule has 0 aromatic rings. The number of thioether (sulfide) groups is 1. The summed E-state index contributed by atoms with van der Waals surface area (Å²) in [5.74, 6) is 1.88. The molecule has 0 saturated carbocycles. The normalized spacial score (nSPS) is 10.1. The van der Waals surface area contributed by atoms with E-state index in [0.717, 1.165) is 5.75 Å². The molecule has 3 heteroatoms. The molecule has 0 atom stereocenters. The van der Waals surface area contributed by atoms with Gasteiger partial charge < -0.3 is 5.73 Å². The molecule has 2 nitrogen and oxygen atoms in total. The third kappa shape index (κ3) is 9.82. The van der Waals surface area contributed by atoms with Gasteiger partial charge in [-0.25, -0.2) is 0 Å². The summed E-state index contributed by atoms with van der Waals surface area (Å²) >= 11 is 1.83. The zero-order chi connectivity index (χ0) is 9.23. The number of carbonyl (C=O) groups is 1. The van der Waals surface area contributed by atoms with Gasteiger partial charge in [0, 0.05) is 12.2 Å². The zero-order valence-corrected chi connectivity index (χ0v) is 8.66.